The molecule has 0 bridgehead atoms. The molecule has 156 valence electrons. The number of amides is 4. The number of likely N-dealkylation sites (tertiary alicyclic amines) is 1. The highest BCUT2D eigenvalue weighted by Gasteiger charge is 2.55. The molecule has 28 heavy (non-hydrogen) atoms. The van der Waals surface area contributed by atoms with Gasteiger partial charge < -0.3 is 15.0 Å². The maximum absolute atomic E-state index is 12.9. The standard InChI is InChI=1S/C20H31N3O5/c1-13-7-4-5-10-20(13)18(26)22(19(27)21-20)11-17(25)28-12-16(24)23-14(2)8-6-9-15(23)3/h13-15H,4-12H2,1-3H3,(H,21,27)/t13-,14-,15+,20-/m1/s1. The molecule has 2 heterocycles. The maximum atomic E-state index is 12.9. The van der Waals surface area contributed by atoms with Crippen molar-refractivity contribution in [3.63, 3.8) is 0 Å². The molecule has 0 unspecified atom stereocenters. The van der Waals surface area contributed by atoms with Crippen LogP contribution in [0, 0.1) is 5.92 Å². The highest BCUT2D eigenvalue weighted by atomic mass is 16.5. The lowest BCUT2D eigenvalue weighted by Crippen LogP contribution is -2.54. The summed E-state index contributed by atoms with van der Waals surface area (Å²) in [4.78, 5) is 52.6. The van der Waals surface area contributed by atoms with Gasteiger partial charge in [-0.1, -0.05) is 19.8 Å². The van der Waals surface area contributed by atoms with E-state index >= 15 is 0 Å². The van der Waals surface area contributed by atoms with E-state index in [2.05, 4.69) is 5.32 Å². The van der Waals surface area contributed by atoms with Gasteiger partial charge in [-0.3, -0.25) is 19.3 Å². The van der Waals surface area contributed by atoms with Crippen LogP contribution in [0.3, 0.4) is 0 Å². The lowest BCUT2D eigenvalue weighted by molar-refractivity contribution is -0.156. The summed E-state index contributed by atoms with van der Waals surface area (Å²) in [5.74, 6) is -1.30. The second kappa shape index (κ2) is 8.09. The monoisotopic (exact) mass is 393 g/mol. The van der Waals surface area contributed by atoms with Crippen molar-refractivity contribution in [1.29, 1.82) is 0 Å². The number of urea groups is 1. The van der Waals surface area contributed by atoms with E-state index in [1.54, 1.807) is 4.90 Å². The molecule has 3 aliphatic rings. The molecule has 1 saturated carbocycles. The number of hydrogen-bond acceptors (Lipinski definition) is 5. The van der Waals surface area contributed by atoms with Gasteiger partial charge in [0, 0.05) is 12.1 Å². The highest BCUT2D eigenvalue weighted by molar-refractivity contribution is 6.09. The molecule has 0 aromatic heterocycles. The van der Waals surface area contributed by atoms with Gasteiger partial charge in [0.1, 0.15) is 12.1 Å². The van der Waals surface area contributed by atoms with Crippen LogP contribution >= 0.6 is 0 Å². The molecule has 3 fully saturated rings. The van der Waals surface area contributed by atoms with E-state index in [4.69, 9.17) is 4.74 Å². The van der Waals surface area contributed by atoms with E-state index in [1.807, 2.05) is 20.8 Å². The first-order valence-electron chi connectivity index (χ1n) is 10.4. The van der Waals surface area contributed by atoms with Crippen molar-refractivity contribution in [1.82, 2.24) is 15.1 Å². The zero-order chi connectivity index (χ0) is 20.5. The van der Waals surface area contributed by atoms with Gasteiger partial charge in [0.15, 0.2) is 6.61 Å². The zero-order valence-corrected chi connectivity index (χ0v) is 17.0. The van der Waals surface area contributed by atoms with Gasteiger partial charge in [-0.15, -0.1) is 0 Å². The Bertz CT molecular complexity index is 656. The molecule has 4 atom stereocenters. The largest absolute Gasteiger partial charge is 0.454 e. The molecule has 0 aromatic rings. The SMILES string of the molecule is C[C@@H]1CCC[C@H](C)N1C(=O)COC(=O)CN1C(=O)N[C@@]2(CCCC[C@H]2C)C1=O. The van der Waals surface area contributed by atoms with Crippen molar-refractivity contribution >= 4 is 23.8 Å². The van der Waals surface area contributed by atoms with Crippen LogP contribution in [0.1, 0.15) is 65.7 Å². The number of imide groups is 1. The van der Waals surface area contributed by atoms with Gasteiger partial charge in [-0.25, -0.2) is 4.79 Å². The first-order valence-corrected chi connectivity index (χ1v) is 10.4. The summed E-state index contributed by atoms with van der Waals surface area (Å²) in [6.07, 6.45) is 6.31. The van der Waals surface area contributed by atoms with Crippen LogP contribution in [-0.4, -0.2) is 64.4 Å². The van der Waals surface area contributed by atoms with Crippen molar-refractivity contribution in [2.45, 2.75) is 83.3 Å². The summed E-state index contributed by atoms with van der Waals surface area (Å²) in [6, 6.07) is -0.317. The Morgan fingerprint density at radius 2 is 1.75 bits per heavy atom. The van der Waals surface area contributed by atoms with Crippen molar-refractivity contribution in [3.05, 3.63) is 0 Å². The van der Waals surface area contributed by atoms with Crippen molar-refractivity contribution in [3.8, 4) is 0 Å². The quantitative estimate of drug-likeness (QED) is 0.581. The number of nitrogens with zero attached hydrogens (tertiary/aromatic N) is 2. The molecule has 1 spiro atoms. The van der Waals surface area contributed by atoms with Crippen LogP contribution in [0.25, 0.3) is 0 Å². The fourth-order valence-electron chi connectivity index (χ4n) is 4.94. The van der Waals surface area contributed by atoms with E-state index in [1.165, 1.54) is 0 Å². The number of nitrogens with one attached hydrogen (secondary N) is 1. The molecule has 1 aliphatic carbocycles. The Morgan fingerprint density at radius 3 is 2.39 bits per heavy atom. The third kappa shape index (κ3) is 3.73. The first-order chi connectivity index (χ1) is 13.3. The Kier molecular flexibility index (Phi) is 5.95. The Balaban J connectivity index is 1.55. The molecule has 0 aromatic carbocycles. The minimum Gasteiger partial charge on any atom is -0.454 e. The second-order valence-electron chi connectivity index (χ2n) is 8.53. The fraction of sp³-hybridized carbons (Fsp3) is 0.800. The smallest absolute Gasteiger partial charge is 0.326 e. The first kappa shape index (κ1) is 20.6. The third-order valence-corrected chi connectivity index (χ3v) is 6.63. The molecule has 2 aliphatic heterocycles. The molecular formula is C20H31N3O5. The number of esters is 1. The topological polar surface area (TPSA) is 96.0 Å². The van der Waals surface area contributed by atoms with Gasteiger partial charge in [-0.2, -0.15) is 0 Å². The maximum Gasteiger partial charge on any atom is 0.326 e. The molecule has 8 nitrogen and oxygen atoms in total. The lowest BCUT2D eigenvalue weighted by atomic mass is 9.73. The fourth-order valence-corrected chi connectivity index (χ4v) is 4.94. The Morgan fingerprint density at radius 1 is 1.07 bits per heavy atom. The van der Waals surface area contributed by atoms with E-state index in [0.717, 1.165) is 43.4 Å². The van der Waals surface area contributed by atoms with E-state index in [9.17, 15) is 19.2 Å². The van der Waals surface area contributed by atoms with E-state index < -0.39 is 24.1 Å². The molecular weight excluding hydrogens is 362 g/mol. The van der Waals surface area contributed by atoms with Crippen molar-refractivity contribution in [2.24, 2.45) is 5.92 Å². The number of rotatable bonds is 4. The van der Waals surface area contributed by atoms with Gasteiger partial charge in [0.05, 0.1) is 0 Å². The van der Waals surface area contributed by atoms with Gasteiger partial charge in [-0.05, 0) is 51.9 Å². The predicted molar refractivity (Wildman–Crippen MR) is 101 cm³/mol. The Labute approximate surface area is 165 Å². The van der Waals surface area contributed by atoms with Gasteiger partial charge in [0.25, 0.3) is 11.8 Å². The molecule has 8 heteroatoms. The van der Waals surface area contributed by atoms with Crippen LogP contribution in [0.4, 0.5) is 4.79 Å². The molecule has 0 radical (unpaired) electrons. The summed E-state index contributed by atoms with van der Waals surface area (Å²) in [7, 11) is 0. The summed E-state index contributed by atoms with van der Waals surface area (Å²) in [5.41, 5.74) is -0.899. The van der Waals surface area contributed by atoms with Crippen LogP contribution in [0.2, 0.25) is 0 Å². The highest BCUT2D eigenvalue weighted by Crippen LogP contribution is 2.38. The second-order valence-corrected chi connectivity index (χ2v) is 8.53. The molecule has 2 saturated heterocycles. The van der Waals surface area contributed by atoms with Crippen LogP contribution in [0.15, 0.2) is 0 Å². The zero-order valence-electron chi connectivity index (χ0n) is 17.0. The number of piperidine rings is 1. The lowest BCUT2D eigenvalue weighted by Gasteiger charge is -2.38. The average molecular weight is 393 g/mol. The van der Waals surface area contributed by atoms with Crippen LogP contribution in [-0.2, 0) is 19.1 Å². The van der Waals surface area contributed by atoms with Crippen LogP contribution in [0.5, 0.6) is 0 Å². The normalized spacial score (nSPS) is 33.2. The predicted octanol–water partition coefficient (Wildman–Crippen LogP) is 1.82. The summed E-state index contributed by atoms with van der Waals surface area (Å²) >= 11 is 0. The summed E-state index contributed by atoms with van der Waals surface area (Å²) in [5, 5.41) is 2.81. The number of ether oxygens (including phenoxy) is 1. The summed E-state index contributed by atoms with van der Waals surface area (Å²) < 4.78 is 5.11. The van der Waals surface area contributed by atoms with Crippen molar-refractivity contribution < 1.29 is 23.9 Å². The average Bonchev–Trinajstić information content (AvgIpc) is 2.87. The van der Waals surface area contributed by atoms with E-state index in [0.29, 0.717) is 6.42 Å². The van der Waals surface area contributed by atoms with Crippen LogP contribution < -0.4 is 5.32 Å². The van der Waals surface area contributed by atoms with Crippen molar-refractivity contribution in [2.75, 3.05) is 13.2 Å². The molecule has 4 amide bonds. The Hall–Kier alpha value is -2.12. The minimum absolute atomic E-state index is 0.0300. The summed E-state index contributed by atoms with van der Waals surface area (Å²) in [6.45, 7) is 5.12. The minimum atomic E-state index is -0.899. The molecule has 1 N–H and O–H groups in total. The van der Waals surface area contributed by atoms with Gasteiger partial charge in [0.2, 0.25) is 0 Å². The number of hydrogen-bond donors (Lipinski definition) is 1. The number of carbonyl (C=O) groups excluding carboxylic acids is 4. The third-order valence-electron chi connectivity index (χ3n) is 6.63. The molecule has 3 rings (SSSR count). The van der Waals surface area contributed by atoms with E-state index in [-0.39, 0.29) is 36.4 Å². The number of carbonyl (C=O) groups is 4. The van der Waals surface area contributed by atoms with Gasteiger partial charge >= 0.3 is 12.0 Å².